The Morgan fingerprint density at radius 1 is 1.25 bits per heavy atom. The third kappa shape index (κ3) is 2.59. The van der Waals surface area contributed by atoms with Crippen LogP contribution in [0.15, 0.2) is 46.3 Å². The Morgan fingerprint density at radius 2 is 2.05 bits per heavy atom. The number of rotatable bonds is 2. The van der Waals surface area contributed by atoms with E-state index in [9.17, 15) is 4.79 Å². The van der Waals surface area contributed by atoms with Crippen molar-refractivity contribution in [2.24, 2.45) is 0 Å². The second-order valence-corrected chi connectivity index (χ2v) is 6.85. The highest BCUT2D eigenvalue weighted by molar-refractivity contribution is 9.11. The molecule has 5 heteroatoms. The van der Waals surface area contributed by atoms with E-state index < -0.39 is 0 Å². The van der Waals surface area contributed by atoms with E-state index in [0.717, 1.165) is 26.1 Å². The van der Waals surface area contributed by atoms with E-state index in [1.54, 1.807) is 6.07 Å². The number of pyridine rings is 1. The average molecular weight is 347 g/mol. The fraction of sp³-hybridized carbons (Fsp3) is 0.0667. The van der Waals surface area contributed by atoms with Crippen LogP contribution >= 0.6 is 27.3 Å². The maximum absolute atomic E-state index is 12.2. The summed E-state index contributed by atoms with van der Waals surface area (Å²) in [6.45, 7) is 1.92. The first-order valence-electron chi connectivity index (χ1n) is 6.06. The van der Waals surface area contributed by atoms with Crippen LogP contribution in [0.3, 0.4) is 0 Å². The van der Waals surface area contributed by atoms with Gasteiger partial charge in [0.25, 0.3) is 5.91 Å². The summed E-state index contributed by atoms with van der Waals surface area (Å²) in [7, 11) is 0. The molecule has 1 N–H and O–H groups in total. The topological polar surface area (TPSA) is 42.0 Å². The van der Waals surface area contributed by atoms with Gasteiger partial charge in [-0.3, -0.25) is 9.78 Å². The van der Waals surface area contributed by atoms with Gasteiger partial charge in [0.05, 0.1) is 19.9 Å². The lowest BCUT2D eigenvalue weighted by atomic mass is 10.1. The van der Waals surface area contributed by atoms with E-state index in [1.807, 2.05) is 43.3 Å². The van der Waals surface area contributed by atoms with Gasteiger partial charge in [-0.2, -0.15) is 0 Å². The molecule has 0 aliphatic heterocycles. The van der Waals surface area contributed by atoms with Crippen LogP contribution in [0.5, 0.6) is 0 Å². The summed E-state index contributed by atoms with van der Waals surface area (Å²) in [6, 6.07) is 13.4. The predicted octanol–water partition coefficient (Wildman–Crippen LogP) is 4.62. The van der Waals surface area contributed by atoms with Gasteiger partial charge in [-0.15, -0.1) is 11.3 Å². The number of thiophene rings is 1. The van der Waals surface area contributed by atoms with Crippen LogP contribution in [0, 0.1) is 6.92 Å². The van der Waals surface area contributed by atoms with Crippen molar-refractivity contribution in [3.8, 4) is 0 Å². The first-order valence-corrected chi connectivity index (χ1v) is 7.67. The summed E-state index contributed by atoms with van der Waals surface area (Å²) < 4.78 is 0.943. The second-order valence-electron chi connectivity index (χ2n) is 4.39. The van der Waals surface area contributed by atoms with Gasteiger partial charge >= 0.3 is 0 Å². The van der Waals surface area contributed by atoms with Crippen LogP contribution in [0.1, 0.15) is 15.4 Å². The molecule has 2 aromatic heterocycles. The minimum absolute atomic E-state index is 0.101. The van der Waals surface area contributed by atoms with Crippen molar-refractivity contribution in [2.45, 2.75) is 6.92 Å². The van der Waals surface area contributed by atoms with E-state index in [0.29, 0.717) is 4.88 Å². The molecule has 0 bridgehead atoms. The number of hydrogen-bond acceptors (Lipinski definition) is 3. The zero-order valence-electron chi connectivity index (χ0n) is 10.7. The molecule has 0 fully saturated rings. The minimum atomic E-state index is -0.101. The molecule has 2 heterocycles. The lowest BCUT2D eigenvalue weighted by molar-refractivity contribution is 0.103. The lowest BCUT2D eigenvalue weighted by Crippen LogP contribution is -2.10. The fourth-order valence-electron chi connectivity index (χ4n) is 2.03. The van der Waals surface area contributed by atoms with E-state index >= 15 is 0 Å². The van der Waals surface area contributed by atoms with Crippen LogP contribution in [0.2, 0.25) is 0 Å². The number of fused-ring (bicyclic) bond motifs is 1. The summed E-state index contributed by atoms with van der Waals surface area (Å²) in [4.78, 5) is 17.4. The Labute approximate surface area is 128 Å². The Bertz CT molecular complexity index is 797. The van der Waals surface area contributed by atoms with Crippen LogP contribution in [-0.4, -0.2) is 10.9 Å². The molecule has 100 valence electrons. The van der Waals surface area contributed by atoms with E-state index in [-0.39, 0.29) is 5.91 Å². The quantitative estimate of drug-likeness (QED) is 0.735. The maximum atomic E-state index is 12.2. The van der Waals surface area contributed by atoms with Crippen molar-refractivity contribution in [1.82, 2.24) is 4.98 Å². The molecule has 0 aliphatic carbocycles. The van der Waals surface area contributed by atoms with E-state index in [1.165, 1.54) is 11.3 Å². The molecule has 0 saturated carbocycles. The zero-order valence-corrected chi connectivity index (χ0v) is 13.1. The van der Waals surface area contributed by atoms with Crippen molar-refractivity contribution < 1.29 is 4.79 Å². The molecule has 0 aliphatic rings. The van der Waals surface area contributed by atoms with Crippen molar-refractivity contribution in [3.63, 3.8) is 0 Å². The molecule has 3 aromatic rings. The molecule has 1 amide bonds. The maximum Gasteiger partial charge on any atom is 0.265 e. The van der Waals surface area contributed by atoms with Crippen molar-refractivity contribution in [2.75, 3.05) is 5.32 Å². The number of para-hydroxylation sites is 1. The number of nitrogens with zero attached hydrogens (tertiary/aromatic N) is 1. The zero-order chi connectivity index (χ0) is 14.1. The largest absolute Gasteiger partial charge is 0.321 e. The third-order valence-electron chi connectivity index (χ3n) is 2.89. The smallest absolute Gasteiger partial charge is 0.265 e. The van der Waals surface area contributed by atoms with Gasteiger partial charge in [-0.1, -0.05) is 18.2 Å². The number of halogens is 1. The number of hydrogen-bond donors (Lipinski definition) is 1. The van der Waals surface area contributed by atoms with Crippen molar-refractivity contribution in [3.05, 3.63) is 56.8 Å². The normalized spacial score (nSPS) is 10.7. The van der Waals surface area contributed by atoms with Gasteiger partial charge in [0.1, 0.15) is 0 Å². The summed E-state index contributed by atoms with van der Waals surface area (Å²) in [6.07, 6.45) is 0. The number of benzene rings is 1. The molecule has 0 atom stereocenters. The Hall–Kier alpha value is -1.72. The molecule has 1 aromatic carbocycles. The van der Waals surface area contributed by atoms with Crippen LogP contribution in [0.4, 0.5) is 5.69 Å². The monoisotopic (exact) mass is 346 g/mol. The number of carbonyl (C=O) groups is 1. The summed E-state index contributed by atoms with van der Waals surface area (Å²) in [5.74, 6) is -0.101. The molecular formula is C15H11BrN2OS. The van der Waals surface area contributed by atoms with E-state index in [4.69, 9.17) is 0 Å². The number of carbonyl (C=O) groups excluding carboxylic acids is 1. The summed E-state index contributed by atoms with van der Waals surface area (Å²) in [5, 5.41) is 3.91. The number of nitrogens with one attached hydrogen (secondary N) is 1. The molecule has 20 heavy (non-hydrogen) atoms. The van der Waals surface area contributed by atoms with Gasteiger partial charge in [0.2, 0.25) is 0 Å². The van der Waals surface area contributed by atoms with Crippen LogP contribution < -0.4 is 5.32 Å². The number of aryl methyl sites for hydroxylation is 1. The highest BCUT2D eigenvalue weighted by Crippen LogP contribution is 2.26. The average Bonchev–Trinajstić information content (AvgIpc) is 2.85. The van der Waals surface area contributed by atoms with Gasteiger partial charge in [-0.25, -0.2) is 0 Å². The molecule has 3 nitrogen and oxygen atoms in total. The predicted molar refractivity (Wildman–Crippen MR) is 86.5 cm³/mol. The molecule has 0 radical (unpaired) electrons. The second kappa shape index (κ2) is 5.34. The third-order valence-corrected chi connectivity index (χ3v) is 4.51. The molecule has 3 rings (SSSR count). The van der Waals surface area contributed by atoms with Gasteiger partial charge in [-0.05, 0) is 47.1 Å². The minimum Gasteiger partial charge on any atom is -0.321 e. The van der Waals surface area contributed by atoms with Crippen molar-refractivity contribution in [1.29, 1.82) is 0 Å². The standard InChI is InChI=1S/C15H11BrN2OS/c1-9-8-12(10-4-2-3-5-11(10)17-9)18-15(19)13-6-7-14(16)20-13/h2-8H,1H3,(H,17,18,19). The SMILES string of the molecule is Cc1cc(NC(=O)c2ccc(Br)s2)c2ccccc2n1. The first-order chi connectivity index (χ1) is 9.63. The van der Waals surface area contributed by atoms with Crippen LogP contribution in [-0.2, 0) is 0 Å². The number of aromatic nitrogens is 1. The molecule has 0 saturated heterocycles. The molecule has 0 unspecified atom stereocenters. The number of anilines is 1. The lowest BCUT2D eigenvalue weighted by Gasteiger charge is -2.08. The van der Waals surface area contributed by atoms with Crippen molar-refractivity contribution >= 4 is 49.8 Å². The summed E-state index contributed by atoms with van der Waals surface area (Å²) in [5.41, 5.74) is 2.56. The Kier molecular flexibility index (Phi) is 3.54. The fourth-order valence-corrected chi connectivity index (χ4v) is 3.31. The van der Waals surface area contributed by atoms with Gasteiger partial charge < -0.3 is 5.32 Å². The van der Waals surface area contributed by atoms with Crippen LogP contribution in [0.25, 0.3) is 10.9 Å². The molecule has 0 spiro atoms. The Morgan fingerprint density at radius 3 is 2.80 bits per heavy atom. The first kappa shape index (κ1) is 13.3. The van der Waals surface area contributed by atoms with Gasteiger partial charge in [0.15, 0.2) is 0 Å². The van der Waals surface area contributed by atoms with Gasteiger partial charge in [0, 0.05) is 11.1 Å². The Balaban J connectivity index is 2.00. The summed E-state index contributed by atoms with van der Waals surface area (Å²) >= 11 is 4.78. The number of amides is 1. The highest BCUT2D eigenvalue weighted by Gasteiger charge is 2.11. The molecular weight excluding hydrogens is 336 g/mol. The highest BCUT2D eigenvalue weighted by atomic mass is 79.9. The van der Waals surface area contributed by atoms with E-state index in [2.05, 4.69) is 26.2 Å².